The van der Waals surface area contributed by atoms with Crippen LogP contribution in [0.2, 0.25) is 0 Å². The van der Waals surface area contributed by atoms with Gasteiger partial charge in [0.2, 0.25) is 0 Å². The highest BCUT2D eigenvalue weighted by Crippen LogP contribution is 2.22. The van der Waals surface area contributed by atoms with Gasteiger partial charge in [-0.1, -0.05) is 49.3 Å². The Hall–Kier alpha value is -1.08. The second-order valence-electron chi connectivity index (χ2n) is 4.49. The first-order valence-corrected chi connectivity index (χ1v) is 6.04. The molecular weight excluding hydrogens is 196 g/mol. The van der Waals surface area contributed by atoms with Crippen LogP contribution in [0.5, 0.6) is 0 Å². The van der Waals surface area contributed by atoms with Gasteiger partial charge in [-0.25, -0.2) is 0 Å². The Balaban J connectivity index is 2.87. The van der Waals surface area contributed by atoms with E-state index in [9.17, 15) is 5.11 Å². The molecule has 0 aliphatic heterocycles. The van der Waals surface area contributed by atoms with Crippen molar-refractivity contribution < 1.29 is 5.11 Å². The summed E-state index contributed by atoms with van der Waals surface area (Å²) in [5.74, 6) is 0. The van der Waals surface area contributed by atoms with Crippen LogP contribution in [0.15, 0.2) is 35.9 Å². The fraction of sp³-hybridized carbons (Fsp3) is 0.467. The summed E-state index contributed by atoms with van der Waals surface area (Å²) in [6.07, 6.45) is 4.66. The van der Waals surface area contributed by atoms with Gasteiger partial charge in [-0.05, 0) is 37.8 Å². The highest BCUT2D eigenvalue weighted by molar-refractivity contribution is 5.31. The third-order valence-electron chi connectivity index (χ3n) is 2.71. The molecular formula is C15H22O. The molecule has 1 nitrogen and oxygen atoms in total. The van der Waals surface area contributed by atoms with Crippen LogP contribution in [0, 0.1) is 0 Å². The molecule has 88 valence electrons. The van der Waals surface area contributed by atoms with Gasteiger partial charge >= 0.3 is 0 Å². The van der Waals surface area contributed by atoms with Gasteiger partial charge in [0.1, 0.15) is 0 Å². The molecule has 0 fully saturated rings. The van der Waals surface area contributed by atoms with E-state index in [1.165, 1.54) is 11.1 Å². The van der Waals surface area contributed by atoms with Gasteiger partial charge in [0.25, 0.3) is 0 Å². The zero-order chi connectivity index (χ0) is 12.0. The lowest BCUT2D eigenvalue weighted by atomic mass is 9.97. The Morgan fingerprint density at radius 2 is 2.00 bits per heavy atom. The van der Waals surface area contributed by atoms with Gasteiger partial charge in [-0.15, -0.1) is 0 Å². The predicted octanol–water partition coefficient (Wildman–Crippen LogP) is 4.03. The van der Waals surface area contributed by atoms with E-state index < -0.39 is 0 Å². The average Bonchev–Trinajstić information content (AvgIpc) is 2.27. The van der Waals surface area contributed by atoms with Crippen molar-refractivity contribution in [2.24, 2.45) is 0 Å². The first kappa shape index (κ1) is 13.0. The summed E-state index contributed by atoms with van der Waals surface area (Å²) in [6.45, 7) is 6.30. The number of aliphatic hydroxyl groups excluding tert-OH is 1. The Morgan fingerprint density at radius 3 is 2.62 bits per heavy atom. The molecule has 0 aliphatic carbocycles. The molecule has 1 N–H and O–H groups in total. The van der Waals surface area contributed by atoms with Gasteiger partial charge in [-0.3, -0.25) is 0 Å². The van der Waals surface area contributed by atoms with E-state index in [2.05, 4.69) is 32.9 Å². The van der Waals surface area contributed by atoms with Gasteiger partial charge < -0.3 is 5.11 Å². The second-order valence-corrected chi connectivity index (χ2v) is 4.49. The minimum atomic E-state index is -0.313. The van der Waals surface area contributed by atoms with Gasteiger partial charge in [0.15, 0.2) is 0 Å². The number of benzene rings is 1. The monoisotopic (exact) mass is 218 g/mol. The third kappa shape index (κ3) is 3.82. The number of hydrogen-bond acceptors (Lipinski definition) is 1. The maximum absolute atomic E-state index is 10.0. The largest absolute Gasteiger partial charge is 0.388 e. The molecule has 16 heavy (non-hydrogen) atoms. The minimum absolute atomic E-state index is 0.313. The van der Waals surface area contributed by atoms with Crippen LogP contribution in [0.3, 0.4) is 0 Å². The van der Waals surface area contributed by atoms with Gasteiger partial charge in [0.05, 0.1) is 6.10 Å². The van der Waals surface area contributed by atoms with Crippen LogP contribution in [0.4, 0.5) is 0 Å². The summed E-state index contributed by atoms with van der Waals surface area (Å²) in [7, 11) is 0. The maximum atomic E-state index is 10.0. The van der Waals surface area contributed by atoms with Crippen LogP contribution in [-0.4, -0.2) is 5.11 Å². The molecule has 1 atom stereocenters. The van der Waals surface area contributed by atoms with Crippen LogP contribution < -0.4 is 0 Å². The van der Waals surface area contributed by atoms with Gasteiger partial charge in [0, 0.05) is 0 Å². The van der Waals surface area contributed by atoms with Crippen LogP contribution in [0.1, 0.15) is 50.8 Å². The molecule has 0 aliphatic rings. The molecule has 0 radical (unpaired) electrons. The zero-order valence-electron chi connectivity index (χ0n) is 10.5. The van der Waals surface area contributed by atoms with E-state index in [-0.39, 0.29) is 6.10 Å². The molecule has 0 spiro atoms. The van der Waals surface area contributed by atoms with Crippen molar-refractivity contribution in [3.63, 3.8) is 0 Å². The summed E-state index contributed by atoms with van der Waals surface area (Å²) in [6, 6.07) is 8.18. The Morgan fingerprint density at radius 1 is 1.31 bits per heavy atom. The topological polar surface area (TPSA) is 20.2 Å². The number of hydrogen-bond donors (Lipinski definition) is 1. The van der Waals surface area contributed by atoms with Crippen molar-refractivity contribution in [1.29, 1.82) is 0 Å². The van der Waals surface area contributed by atoms with E-state index in [1.807, 2.05) is 18.2 Å². The van der Waals surface area contributed by atoms with Crippen molar-refractivity contribution in [3.05, 3.63) is 47.0 Å². The van der Waals surface area contributed by atoms with E-state index in [1.54, 1.807) is 0 Å². The van der Waals surface area contributed by atoms with Crippen LogP contribution in [0.25, 0.3) is 0 Å². The lowest BCUT2D eigenvalue weighted by Gasteiger charge is -2.14. The molecule has 1 rings (SSSR count). The number of allylic oxidation sites excluding steroid dienone is 2. The minimum Gasteiger partial charge on any atom is -0.388 e. The molecule has 0 saturated heterocycles. The molecule has 0 aromatic heterocycles. The fourth-order valence-corrected chi connectivity index (χ4v) is 1.79. The highest BCUT2D eigenvalue weighted by Gasteiger charge is 2.09. The quantitative estimate of drug-likeness (QED) is 0.740. The van der Waals surface area contributed by atoms with E-state index in [0.29, 0.717) is 0 Å². The summed E-state index contributed by atoms with van der Waals surface area (Å²) in [5, 5.41) is 10.0. The summed E-state index contributed by atoms with van der Waals surface area (Å²) >= 11 is 0. The Labute approximate surface area is 98.8 Å². The first-order valence-electron chi connectivity index (χ1n) is 6.04. The Bertz CT molecular complexity index is 348. The smallest absolute Gasteiger partial charge is 0.0792 e. The zero-order valence-corrected chi connectivity index (χ0v) is 10.5. The molecule has 1 aromatic rings. The molecule has 1 aromatic carbocycles. The fourth-order valence-electron chi connectivity index (χ4n) is 1.79. The third-order valence-corrected chi connectivity index (χ3v) is 2.71. The van der Waals surface area contributed by atoms with Crippen LogP contribution >= 0.6 is 0 Å². The molecule has 0 heterocycles. The summed E-state index contributed by atoms with van der Waals surface area (Å²) in [4.78, 5) is 0. The van der Waals surface area contributed by atoms with Gasteiger partial charge in [-0.2, -0.15) is 0 Å². The first-order chi connectivity index (χ1) is 7.65. The molecule has 0 amide bonds. The SMILES string of the molecule is CCCC(O)c1ccccc1CC=C(C)C. The average molecular weight is 218 g/mol. The standard InChI is InChI=1S/C15H22O/c1-4-7-15(16)14-9-6-5-8-13(14)11-10-12(2)3/h5-6,8-10,15-16H,4,7,11H2,1-3H3. The number of aliphatic hydroxyl groups is 1. The van der Waals surface area contributed by atoms with Crippen molar-refractivity contribution in [2.75, 3.05) is 0 Å². The number of rotatable bonds is 5. The normalized spacial score (nSPS) is 12.2. The summed E-state index contributed by atoms with van der Waals surface area (Å²) < 4.78 is 0. The molecule has 0 bridgehead atoms. The lowest BCUT2D eigenvalue weighted by molar-refractivity contribution is 0.165. The van der Waals surface area contributed by atoms with Crippen LogP contribution in [-0.2, 0) is 6.42 Å². The van der Waals surface area contributed by atoms with Crippen molar-refractivity contribution in [1.82, 2.24) is 0 Å². The van der Waals surface area contributed by atoms with Crippen molar-refractivity contribution in [3.8, 4) is 0 Å². The van der Waals surface area contributed by atoms with E-state index in [0.717, 1.165) is 24.8 Å². The Kier molecular flexibility index (Phi) is 5.27. The second kappa shape index (κ2) is 6.49. The maximum Gasteiger partial charge on any atom is 0.0792 e. The van der Waals surface area contributed by atoms with E-state index >= 15 is 0 Å². The highest BCUT2D eigenvalue weighted by atomic mass is 16.3. The van der Waals surface area contributed by atoms with Crippen molar-refractivity contribution in [2.45, 2.75) is 46.1 Å². The van der Waals surface area contributed by atoms with Crippen molar-refractivity contribution >= 4 is 0 Å². The lowest BCUT2D eigenvalue weighted by Crippen LogP contribution is -2.01. The molecule has 0 saturated carbocycles. The summed E-state index contributed by atoms with van der Waals surface area (Å²) in [5.41, 5.74) is 3.64. The van der Waals surface area contributed by atoms with E-state index in [4.69, 9.17) is 0 Å². The predicted molar refractivity (Wildman–Crippen MR) is 69.4 cm³/mol. The molecule has 1 unspecified atom stereocenters. The molecule has 1 heteroatoms.